The first-order valence-corrected chi connectivity index (χ1v) is 6.34. The molecule has 0 aromatic carbocycles. The summed E-state index contributed by atoms with van der Waals surface area (Å²) in [6, 6.07) is 4.31. The number of H-pyrrole nitrogens is 1. The van der Waals surface area contributed by atoms with Crippen molar-refractivity contribution in [1.29, 1.82) is 0 Å². The summed E-state index contributed by atoms with van der Waals surface area (Å²) in [5.41, 5.74) is 1.18. The zero-order valence-electron chi connectivity index (χ0n) is 9.84. The van der Waals surface area contributed by atoms with Gasteiger partial charge in [0.2, 0.25) is 0 Å². The van der Waals surface area contributed by atoms with Crippen molar-refractivity contribution in [3.8, 4) is 0 Å². The van der Waals surface area contributed by atoms with Crippen molar-refractivity contribution < 1.29 is 0 Å². The smallest absolute Gasteiger partial charge is 0.189 e. The number of aromatic amines is 1. The summed E-state index contributed by atoms with van der Waals surface area (Å²) in [4.78, 5) is 8.49. The van der Waals surface area contributed by atoms with Gasteiger partial charge in [-0.1, -0.05) is 13.0 Å². The van der Waals surface area contributed by atoms with Gasteiger partial charge in [0, 0.05) is 17.8 Å². The molecule has 2 heterocycles. The largest absolute Gasteiger partial charge is 0.310 e. The highest BCUT2D eigenvalue weighted by molar-refractivity contribution is 7.99. The van der Waals surface area contributed by atoms with Gasteiger partial charge < -0.3 is 5.32 Å². The molecule has 2 aromatic heterocycles. The van der Waals surface area contributed by atoms with E-state index in [2.05, 4.69) is 45.4 Å². The zero-order valence-corrected chi connectivity index (χ0v) is 10.7. The molecule has 6 heteroatoms. The molecule has 1 atom stereocenters. The maximum Gasteiger partial charge on any atom is 0.189 e. The van der Waals surface area contributed by atoms with E-state index in [9.17, 15) is 0 Å². The van der Waals surface area contributed by atoms with Crippen molar-refractivity contribution in [2.24, 2.45) is 0 Å². The lowest BCUT2D eigenvalue weighted by molar-refractivity contribution is 0.585. The van der Waals surface area contributed by atoms with Gasteiger partial charge in [0.1, 0.15) is 11.4 Å². The molecule has 0 saturated heterocycles. The maximum atomic E-state index is 4.39. The van der Waals surface area contributed by atoms with Crippen molar-refractivity contribution >= 4 is 11.8 Å². The second-order valence-corrected chi connectivity index (χ2v) is 4.55. The Bertz CT molecular complexity index is 457. The fourth-order valence-electron chi connectivity index (χ4n) is 1.57. The summed E-state index contributed by atoms with van der Waals surface area (Å²) in [5.74, 6) is 0. The first-order chi connectivity index (χ1) is 8.31. The third-order valence-electron chi connectivity index (χ3n) is 2.36. The summed E-state index contributed by atoms with van der Waals surface area (Å²) in [5, 5.41) is 11.8. The van der Waals surface area contributed by atoms with Crippen LogP contribution in [0.4, 0.5) is 0 Å². The number of aromatic nitrogens is 4. The molecule has 0 spiro atoms. The van der Waals surface area contributed by atoms with Crippen molar-refractivity contribution in [3.05, 3.63) is 30.2 Å². The molecule has 0 aliphatic heterocycles. The minimum Gasteiger partial charge on any atom is -0.310 e. The highest BCUT2D eigenvalue weighted by atomic mass is 32.2. The van der Waals surface area contributed by atoms with Crippen LogP contribution in [0.5, 0.6) is 0 Å². The predicted molar refractivity (Wildman–Crippen MR) is 66.8 cm³/mol. The topological polar surface area (TPSA) is 66.5 Å². The standard InChI is InChI=1S/C11H15N5S/c1-3-12-8(2)9-5-4-6-13-10(9)17-11-14-7-15-16-11/h4-8,12H,3H2,1-2H3,(H,14,15,16). The summed E-state index contributed by atoms with van der Waals surface area (Å²) < 4.78 is 0. The minimum absolute atomic E-state index is 0.277. The van der Waals surface area contributed by atoms with Crippen molar-refractivity contribution in [3.63, 3.8) is 0 Å². The quantitative estimate of drug-likeness (QED) is 0.848. The SMILES string of the molecule is CCNC(C)c1cccnc1Sc1ncn[nH]1. The number of hydrogen-bond acceptors (Lipinski definition) is 5. The van der Waals surface area contributed by atoms with Crippen molar-refractivity contribution in [2.45, 2.75) is 30.1 Å². The lowest BCUT2D eigenvalue weighted by Crippen LogP contribution is -2.18. The lowest BCUT2D eigenvalue weighted by atomic mass is 10.1. The molecule has 0 aliphatic rings. The number of nitrogens with one attached hydrogen (secondary N) is 2. The van der Waals surface area contributed by atoms with E-state index in [0.717, 1.165) is 16.7 Å². The van der Waals surface area contributed by atoms with E-state index in [-0.39, 0.29) is 6.04 Å². The van der Waals surface area contributed by atoms with Gasteiger partial charge in [0.05, 0.1) is 0 Å². The molecule has 1 unspecified atom stereocenters. The third-order valence-corrected chi connectivity index (χ3v) is 3.29. The molecule has 90 valence electrons. The van der Waals surface area contributed by atoms with Crippen LogP contribution in [0.3, 0.4) is 0 Å². The van der Waals surface area contributed by atoms with Crippen LogP contribution in [0.1, 0.15) is 25.5 Å². The molecule has 0 bridgehead atoms. The Morgan fingerprint density at radius 1 is 1.47 bits per heavy atom. The highest BCUT2D eigenvalue weighted by Gasteiger charge is 2.12. The van der Waals surface area contributed by atoms with E-state index < -0.39 is 0 Å². The van der Waals surface area contributed by atoms with Crippen LogP contribution in [0, 0.1) is 0 Å². The molecule has 0 aliphatic carbocycles. The van der Waals surface area contributed by atoms with Gasteiger partial charge in [-0.15, -0.1) is 0 Å². The highest BCUT2D eigenvalue weighted by Crippen LogP contribution is 2.28. The Morgan fingerprint density at radius 2 is 2.35 bits per heavy atom. The van der Waals surface area contributed by atoms with Crippen LogP contribution in [0.25, 0.3) is 0 Å². The van der Waals surface area contributed by atoms with Gasteiger partial charge in [0.15, 0.2) is 5.16 Å². The first-order valence-electron chi connectivity index (χ1n) is 5.52. The Morgan fingerprint density at radius 3 is 3.06 bits per heavy atom. The summed E-state index contributed by atoms with van der Waals surface area (Å²) in [6.07, 6.45) is 3.29. The van der Waals surface area contributed by atoms with E-state index in [1.165, 1.54) is 23.7 Å². The molecule has 0 amide bonds. The first kappa shape index (κ1) is 12.1. The Balaban J connectivity index is 2.21. The summed E-state index contributed by atoms with van der Waals surface area (Å²) in [6.45, 7) is 5.16. The molecule has 0 fully saturated rings. The number of hydrogen-bond donors (Lipinski definition) is 2. The van der Waals surface area contributed by atoms with Crippen LogP contribution >= 0.6 is 11.8 Å². The minimum atomic E-state index is 0.277. The van der Waals surface area contributed by atoms with E-state index in [1.54, 1.807) is 6.20 Å². The number of pyridine rings is 1. The molecule has 5 nitrogen and oxygen atoms in total. The van der Waals surface area contributed by atoms with E-state index in [4.69, 9.17) is 0 Å². The monoisotopic (exact) mass is 249 g/mol. The molecule has 0 saturated carbocycles. The van der Waals surface area contributed by atoms with Gasteiger partial charge in [-0.05, 0) is 31.3 Å². The Labute approximate surface area is 104 Å². The molecule has 2 rings (SSSR count). The van der Waals surface area contributed by atoms with Gasteiger partial charge in [0.25, 0.3) is 0 Å². The van der Waals surface area contributed by atoms with Crippen LogP contribution < -0.4 is 5.32 Å². The van der Waals surface area contributed by atoms with E-state index in [1.807, 2.05) is 6.07 Å². The van der Waals surface area contributed by atoms with Gasteiger partial charge >= 0.3 is 0 Å². The molecule has 0 radical (unpaired) electrons. The average molecular weight is 249 g/mol. The van der Waals surface area contributed by atoms with Crippen molar-refractivity contribution in [2.75, 3.05) is 6.54 Å². The van der Waals surface area contributed by atoms with Crippen LogP contribution in [-0.4, -0.2) is 26.7 Å². The fraction of sp³-hybridized carbons (Fsp3) is 0.364. The van der Waals surface area contributed by atoms with Crippen LogP contribution in [0.15, 0.2) is 34.8 Å². The molecular weight excluding hydrogens is 234 g/mol. The predicted octanol–water partition coefficient (Wildman–Crippen LogP) is 2.02. The fourth-order valence-corrected chi connectivity index (χ4v) is 2.43. The third kappa shape index (κ3) is 3.04. The van der Waals surface area contributed by atoms with Gasteiger partial charge in [-0.3, -0.25) is 5.10 Å². The van der Waals surface area contributed by atoms with Crippen LogP contribution in [-0.2, 0) is 0 Å². The second-order valence-electron chi connectivity index (χ2n) is 3.57. The maximum absolute atomic E-state index is 4.39. The van der Waals surface area contributed by atoms with E-state index >= 15 is 0 Å². The molecule has 17 heavy (non-hydrogen) atoms. The lowest BCUT2D eigenvalue weighted by Gasteiger charge is -2.15. The average Bonchev–Trinajstić information content (AvgIpc) is 2.83. The molecule has 2 N–H and O–H groups in total. The Hall–Kier alpha value is -1.40. The summed E-state index contributed by atoms with van der Waals surface area (Å²) in [7, 11) is 0. The second kappa shape index (κ2) is 5.79. The van der Waals surface area contributed by atoms with Gasteiger partial charge in [-0.25, -0.2) is 9.97 Å². The number of nitrogens with zero attached hydrogens (tertiary/aromatic N) is 3. The van der Waals surface area contributed by atoms with Crippen LogP contribution in [0.2, 0.25) is 0 Å². The molecular formula is C11H15N5S. The van der Waals surface area contributed by atoms with Gasteiger partial charge in [-0.2, -0.15) is 5.10 Å². The number of rotatable bonds is 5. The van der Waals surface area contributed by atoms with Crippen molar-refractivity contribution in [1.82, 2.24) is 25.5 Å². The summed E-state index contributed by atoms with van der Waals surface area (Å²) >= 11 is 1.49. The Kier molecular flexibility index (Phi) is 4.11. The normalized spacial score (nSPS) is 12.6. The zero-order chi connectivity index (χ0) is 12.1. The van der Waals surface area contributed by atoms with E-state index in [0.29, 0.717) is 0 Å². The molecule has 2 aromatic rings.